The van der Waals surface area contributed by atoms with Gasteiger partial charge in [-0.15, -0.1) is 0 Å². The van der Waals surface area contributed by atoms with Gasteiger partial charge in [0.1, 0.15) is 0 Å². The van der Waals surface area contributed by atoms with Crippen LogP contribution in [0.15, 0.2) is 34.3 Å². The first-order valence-electron chi connectivity index (χ1n) is 3.90. The summed E-state index contributed by atoms with van der Waals surface area (Å²) in [5, 5.41) is 10.1. The van der Waals surface area contributed by atoms with Crippen molar-refractivity contribution in [1.82, 2.24) is 0 Å². The van der Waals surface area contributed by atoms with Crippen LogP contribution in [0.4, 0.5) is 0 Å². The Bertz CT molecular complexity index is 444. The quantitative estimate of drug-likeness (QED) is 0.640. The molecule has 0 saturated carbocycles. The average Bonchev–Trinajstić information content (AvgIpc) is 2.42. The Balaban J connectivity index is 2.70. The minimum Gasteiger partial charge on any atom is -0.478 e. The van der Waals surface area contributed by atoms with Crippen molar-refractivity contribution in [3.63, 3.8) is 0 Å². The van der Waals surface area contributed by atoms with E-state index in [4.69, 9.17) is 5.11 Å². The van der Waals surface area contributed by atoms with Gasteiger partial charge in [-0.05, 0) is 19.1 Å². The Morgan fingerprint density at radius 3 is 2.15 bits per heavy atom. The zero-order valence-electron chi connectivity index (χ0n) is 7.06. The summed E-state index contributed by atoms with van der Waals surface area (Å²) in [6, 6.07) is 7.14. The first-order valence-corrected chi connectivity index (χ1v) is 3.90. The number of rotatable bonds is 1. The SMILES string of the molecule is CC1(C(=O)O)N=c2ccccc2=N1. The van der Waals surface area contributed by atoms with Crippen molar-refractivity contribution in [3.05, 3.63) is 35.0 Å². The van der Waals surface area contributed by atoms with Crippen LogP contribution in [-0.2, 0) is 4.79 Å². The van der Waals surface area contributed by atoms with Crippen LogP contribution in [0, 0.1) is 0 Å². The van der Waals surface area contributed by atoms with Crippen LogP contribution >= 0.6 is 0 Å². The topological polar surface area (TPSA) is 62.0 Å². The average molecular weight is 176 g/mol. The number of hydrogen-bond donors (Lipinski definition) is 1. The number of carbonyl (C=O) groups is 1. The second-order valence-corrected chi connectivity index (χ2v) is 3.04. The Morgan fingerprint density at radius 2 is 1.77 bits per heavy atom. The first-order chi connectivity index (χ1) is 6.12. The summed E-state index contributed by atoms with van der Waals surface area (Å²) < 4.78 is 0. The van der Waals surface area contributed by atoms with Crippen molar-refractivity contribution < 1.29 is 9.90 Å². The molecule has 0 unspecified atom stereocenters. The van der Waals surface area contributed by atoms with E-state index in [0.717, 1.165) is 0 Å². The molecule has 4 heteroatoms. The lowest BCUT2D eigenvalue weighted by atomic mass is 10.2. The Kier molecular flexibility index (Phi) is 1.45. The molecule has 0 radical (unpaired) electrons. The molecule has 0 bridgehead atoms. The number of aliphatic carboxylic acids is 1. The van der Waals surface area contributed by atoms with Gasteiger partial charge in [0.2, 0.25) is 5.66 Å². The van der Waals surface area contributed by atoms with E-state index in [1.54, 1.807) is 12.1 Å². The normalized spacial score (nSPS) is 17.0. The van der Waals surface area contributed by atoms with E-state index < -0.39 is 11.6 Å². The summed E-state index contributed by atoms with van der Waals surface area (Å²) in [6.45, 7) is 1.48. The molecule has 1 aliphatic rings. The van der Waals surface area contributed by atoms with Gasteiger partial charge in [-0.3, -0.25) is 0 Å². The highest BCUT2D eigenvalue weighted by Crippen LogP contribution is 2.12. The van der Waals surface area contributed by atoms with E-state index in [2.05, 4.69) is 9.98 Å². The van der Waals surface area contributed by atoms with Gasteiger partial charge < -0.3 is 5.11 Å². The van der Waals surface area contributed by atoms with E-state index in [-0.39, 0.29) is 0 Å². The fourth-order valence-electron chi connectivity index (χ4n) is 1.24. The molecule has 0 aromatic heterocycles. The lowest BCUT2D eigenvalue weighted by molar-refractivity contribution is -0.142. The summed E-state index contributed by atoms with van der Waals surface area (Å²) >= 11 is 0. The van der Waals surface area contributed by atoms with Crippen molar-refractivity contribution in [1.29, 1.82) is 0 Å². The molecule has 2 rings (SSSR count). The van der Waals surface area contributed by atoms with Crippen molar-refractivity contribution in [2.75, 3.05) is 0 Å². The second-order valence-electron chi connectivity index (χ2n) is 3.04. The highest BCUT2D eigenvalue weighted by Gasteiger charge is 2.33. The third-order valence-electron chi connectivity index (χ3n) is 1.96. The van der Waals surface area contributed by atoms with Crippen LogP contribution in [-0.4, -0.2) is 16.7 Å². The molecule has 0 saturated heterocycles. The molecule has 0 spiro atoms. The van der Waals surface area contributed by atoms with E-state index in [9.17, 15) is 4.79 Å². The zero-order chi connectivity index (χ0) is 9.47. The van der Waals surface area contributed by atoms with Crippen molar-refractivity contribution in [2.45, 2.75) is 12.6 Å². The van der Waals surface area contributed by atoms with Gasteiger partial charge in [0.05, 0.1) is 10.7 Å². The monoisotopic (exact) mass is 176 g/mol. The fraction of sp³-hybridized carbons (Fsp3) is 0.222. The third-order valence-corrected chi connectivity index (χ3v) is 1.96. The van der Waals surface area contributed by atoms with Gasteiger partial charge >= 0.3 is 5.97 Å². The van der Waals surface area contributed by atoms with Gasteiger partial charge in [-0.2, -0.15) is 0 Å². The first kappa shape index (κ1) is 7.91. The largest absolute Gasteiger partial charge is 0.478 e. The molecule has 4 nitrogen and oxygen atoms in total. The number of carboxylic acid groups (broad SMARTS) is 1. The molecule has 1 aliphatic heterocycles. The van der Waals surface area contributed by atoms with E-state index >= 15 is 0 Å². The van der Waals surface area contributed by atoms with Crippen molar-refractivity contribution in [2.24, 2.45) is 9.98 Å². The minimum atomic E-state index is -1.33. The molecule has 0 aliphatic carbocycles. The Labute approximate surface area is 74.3 Å². The van der Waals surface area contributed by atoms with Crippen molar-refractivity contribution in [3.8, 4) is 0 Å². The predicted molar refractivity (Wildman–Crippen MR) is 44.8 cm³/mol. The van der Waals surface area contributed by atoms with Crippen LogP contribution in [0.25, 0.3) is 0 Å². The Hall–Kier alpha value is -1.71. The number of nitrogens with zero attached hydrogens (tertiary/aromatic N) is 2. The highest BCUT2D eigenvalue weighted by atomic mass is 16.4. The van der Waals surface area contributed by atoms with Gasteiger partial charge in [-0.1, -0.05) is 12.1 Å². The number of benzene rings is 1. The molecule has 1 aromatic carbocycles. The number of para-hydroxylation sites is 2. The predicted octanol–water partition coefficient (Wildman–Crippen LogP) is -0.260. The van der Waals surface area contributed by atoms with Crippen molar-refractivity contribution >= 4 is 5.97 Å². The van der Waals surface area contributed by atoms with Crippen LogP contribution in [0.3, 0.4) is 0 Å². The lowest BCUT2D eigenvalue weighted by Gasteiger charge is -2.09. The molecule has 1 N–H and O–H groups in total. The Morgan fingerprint density at radius 1 is 1.31 bits per heavy atom. The van der Waals surface area contributed by atoms with E-state index in [0.29, 0.717) is 10.7 Å². The summed E-state index contributed by atoms with van der Waals surface area (Å²) in [7, 11) is 0. The summed E-state index contributed by atoms with van der Waals surface area (Å²) in [5.74, 6) is -1.02. The summed E-state index contributed by atoms with van der Waals surface area (Å²) in [4.78, 5) is 18.8. The molecule has 0 fully saturated rings. The van der Waals surface area contributed by atoms with Gasteiger partial charge in [0, 0.05) is 0 Å². The van der Waals surface area contributed by atoms with Crippen LogP contribution in [0.1, 0.15) is 6.92 Å². The van der Waals surface area contributed by atoms with Crippen LogP contribution in [0.5, 0.6) is 0 Å². The van der Waals surface area contributed by atoms with Gasteiger partial charge in [-0.25, -0.2) is 14.8 Å². The highest BCUT2D eigenvalue weighted by molar-refractivity contribution is 5.78. The maximum absolute atomic E-state index is 10.8. The number of fused-ring (bicyclic) bond motifs is 1. The fourth-order valence-corrected chi connectivity index (χ4v) is 1.24. The molecule has 66 valence electrons. The molecular formula is C9H8N2O2. The van der Waals surface area contributed by atoms with E-state index in [1.165, 1.54) is 6.92 Å². The maximum atomic E-state index is 10.8. The van der Waals surface area contributed by atoms with Gasteiger partial charge in [0.25, 0.3) is 0 Å². The number of carboxylic acids is 1. The molecule has 1 heterocycles. The molecule has 1 aromatic rings. The molecule has 0 atom stereocenters. The smallest absolute Gasteiger partial charge is 0.354 e. The molecule has 0 amide bonds. The second kappa shape index (κ2) is 2.39. The summed E-state index contributed by atoms with van der Waals surface area (Å²) in [6.07, 6.45) is 0. The van der Waals surface area contributed by atoms with Crippen LogP contribution < -0.4 is 10.7 Å². The molecular weight excluding hydrogens is 168 g/mol. The standard InChI is InChI=1S/C9H8N2O2/c1-9(8(12)13)10-6-4-2-3-5-7(6)11-9/h2-5H,1H3,(H,12,13). The van der Waals surface area contributed by atoms with E-state index in [1.807, 2.05) is 12.1 Å². The van der Waals surface area contributed by atoms with Crippen LogP contribution in [0.2, 0.25) is 0 Å². The minimum absolute atomic E-state index is 0.646. The zero-order valence-corrected chi connectivity index (χ0v) is 7.06. The van der Waals surface area contributed by atoms with Gasteiger partial charge in [0.15, 0.2) is 0 Å². The summed E-state index contributed by atoms with van der Waals surface area (Å²) in [5.41, 5.74) is -1.33. The lowest BCUT2D eigenvalue weighted by Crippen LogP contribution is -2.29. The maximum Gasteiger partial charge on any atom is 0.354 e. The molecule has 13 heavy (non-hydrogen) atoms. The third kappa shape index (κ3) is 1.11. The number of hydrogen-bond acceptors (Lipinski definition) is 3.